The Morgan fingerprint density at radius 1 is 1.33 bits per heavy atom. The molecule has 2 N–H and O–H groups in total. The number of rotatable bonds is 5. The van der Waals surface area contributed by atoms with E-state index in [-0.39, 0.29) is 24.5 Å². The van der Waals surface area contributed by atoms with Gasteiger partial charge in [-0.1, -0.05) is 5.21 Å². The van der Waals surface area contributed by atoms with E-state index in [9.17, 15) is 14.0 Å². The van der Waals surface area contributed by atoms with Gasteiger partial charge in [0.15, 0.2) is 0 Å². The third-order valence-corrected chi connectivity index (χ3v) is 3.43. The molecule has 9 heteroatoms. The van der Waals surface area contributed by atoms with Crippen LogP contribution in [0.15, 0.2) is 36.2 Å². The number of aryl methyl sites for hydroxylation is 1. The van der Waals surface area contributed by atoms with Gasteiger partial charge in [0.05, 0.1) is 36.4 Å². The molecule has 1 aliphatic heterocycles. The van der Waals surface area contributed by atoms with Crippen molar-refractivity contribution in [2.45, 2.75) is 6.92 Å². The summed E-state index contributed by atoms with van der Waals surface area (Å²) in [5.41, 5.74) is 1.18. The molecule has 0 saturated heterocycles. The van der Waals surface area contributed by atoms with Gasteiger partial charge in [-0.2, -0.15) is 0 Å². The zero-order valence-electron chi connectivity index (χ0n) is 12.7. The lowest BCUT2D eigenvalue weighted by molar-refractivity contribution is -0.137. The van der Waals surface area contributed by atoms with Crippen molar-refractivity contribution in [3.63, 3.8) is 0 Å². The SMILES string of the molecule is Cc1cn(-c2ccc(NC3=CC(=O)N(CCO)C3=O)c(F)c2)nn1. The molecule has 124 valence electrons. The summed E-state index contributed by atoms with van der Waals surface area (Å²) < 4.78 is 15.7. The second kappa shape index (κ2) is 6.20. The second-order valence-electron chi connectivity index (χ2n) is 5.17. The number of aliphatic hydroxyl groups is 1. The maximum Gasteiger partial charge on any atom is 0.277 e. The highest BCUT2D eigenvalue weighted by Gasteiger charge is 2.30. The Morgan fingerprint density at radius 3 is 2.75 bits per heavy atom. The molecule has 1 aromatic heterocycles. The number of nitrogens with zero attached hydrogens (tertiary/aromatic N) is 4. The van der Waals surface area contributed by atoms with Gasteiger partial charge in [-0.05, 0) is 19.1 Å². The van der Waals surface area contributed by atoms with Crippen LogP contribution >= 0.6 is 0 Å². The zero-order valence-corrected chi connectivity index (χ0v) is 12.7. The molecule has 0 saturated carbocycles. The van der Waals surface area contributed by atoms with Gasteiger partial charge < -0.3 is 10.4 Å². The van der Waals surface area contributed by atoms with Gasteiger partial charge in [0.2, 0.25) is 0 Å². The summed E-state index contributed by atoms with van der Waals surface area (Å²) in [4.78, 5) is 24.6. The van der Waals surface area contributed by atoms with Crippen molar-refractivity contribution < 1.29 is 19.1 Å². The third kappa shape index (κ3) is 2.88. The van der Waals surface area contributed by atoms with Crippen LogP contribution < -0.4 is 5.32 Å². The van der Waals surface area contributed by atoms with Crippen molar-refractivity contribution in [3.8, 4) is 5.69 Å². The van der Waals surface area contributed by atoms with Crippen LogP contribution in [0.25, 0.3) is 5.69 Å². The lowest BCUT2D eigenvalue weighted by Crippen LogP contribution is -2.34. The van der Waals surface area contributed by atoms with Gasteiger partial charge in [-0.25, -0.2) is 9.07 Å². The van der Waals surface area contributed by atoms with Crippen LogP contribution in [0, 0.1) is 12.7 Å². The highest BCUT2D eigenvalue weighted by molar-refractivity contribution is 6.17. The van der Waals surface area contributed by atoms with E-state index in [1.54, 1.807) is 19.2 Å². The number of nitrogens with one attached hydrogen (secondary N) is 1. The molecule has 24 heavy (non-hydrogen) atoms. The molecule has 2 heterocycles. The first-order valence-corrected chi connectivity index (χ1v) is 7.14. The molecule has 2 aromatic rings. The number of aromatic nitrogens is 3. The molecule has 8 nitrogen and oxygen atoms in total. The van der Waals surface area contributed by atoms with Crippen LogP contribution in [-0.4, -0.2) is 50.0 Å². The van der Waals surface area contributed by atoms with Crippen LogP contribution in [0.2, 0.25) is 0 Å². The standard InChI is InChI=1S/C15H14FN5O3/c1-9-8-21(19-18-9)10-2-3-12(11(16)6-10)17-13-7-14(23)20(4-5-22)15(13)24/h2-3,6-8,17,22H,4-5H2,1H3. The van der Waals surface area contributed by atoms with E-state index in [4.69, 9.17) is 5.11 Å². The molecule has 1 aliphatic rings. The van der Waals surface area contributed by atoms with E-state index in [1.165, 1.54) is 16.8 Å². The van der Waals surface area contributed by atoms with Crippen LogP contribution in [0.5, 0.6) is 0 Å². The van der Waals surface area contributed by atoms with Gasteiger partial charge in [0.25, 0.3) is 11.8 Å². The topological polar surface area (TPSA) is 100 Å². The van der Waals surface area contributed by atoms with Gasteiger partial charge in [0, 0.05) is 12.1 Å². The first-order chi connectivity index (χ1) is 11.5. The van der Waals surface area contributed by atoms with Gasteiger partial charge >= 0.3 is 0 Å². The van der Waals surface area contributed by atoms with Gasteiger partial charge in [-0.15, -0.1) is 5.10 Å². The largest absolute Gasteiger partial charge is 0.395 e. The van der Waals surface area contributed by atoms with E-state index in [0.717, 1.165) is 11.0 Å². The van der Waals surface area contributed by atoms with Crippen molar-refractivity contribution in [2.24, 2.45) is 0 Å². The minimum atomic E-state index is -0.609. The molecule has 0 fully saturated rings. The number of benzene rings is 1. The fourth-order valence-corrected chi connectivity index (χ4v) is 2.28. The molecule has 0 radical (unpaired) electrons. The Hall–Kier alpha value is -3.07. The predicted molar refractivity (Wildman–Crippen MR) is 81.6 cm³/mol. The van der Waals surface area contributed by atoms with Gasteiger partial charge in [0.1, 0.15) is 11.5 Å². The summed E-state index contributed by atoms with van der Waals surface area (Å²) in [5, 5.41) is 19.2. The van der Waals surface area contributed by atoms with Crippen molar-refractivity contribution >= 4 is 17.5 Å². The summed E-state index contributed by atoms with van der Waals surface area (Å²) in [6.07, 6.45) is 2.72. The number of hydrogen-bond donors (Lipinski definition) is 2. The number of carbonyl (C=O) groups is 2. The fraction of sp³-hybridized carbons (Fsp3) is 0.200. The van der Waals surface area contributed by atoms with E-state index < -0.39 is 17.6 Å². The van der Waals surface area contributed by atoms with Crippen LogP contribution in [0.1, 0.15) is 5.69 Å². The van der Waals surface area contributed by atoms with Crippen LogP contribution in [0.4, 0.5) is 10.1 Å². The number of amides is 2. The Balaban J connectivity index is 1.80. The van der Waals surface area contributed by atoms with Crippen molar-refractivity contribution in [1.82, 2.24) is 19.9 Å². The smallest absolute Gasteiger partial charge is 0.277 e. The maximum absolute atomic E-state index is 14.3. The molecule has 2 amide bonds. The van der Waals surface area contributed by atoms with Crippen LogP contribution in [0.3, 0.4) is 0 Å². The number of aliphatic hydroxyl groups excluding tert-OH is 1. The van der Waals surface area contributed by atoms with Crippen molar-refractivity contribution in [2.75, 3.05) is 18.5 Å². The first-order valence-electron chi connectivity index (χ1n) is 7.14. The Kier molecular flexibility index (Phi) is 4.09. The highest BCUT2D eigenvalue weighted by Crippen LogP contribution is 2.22. The molecule has 0 aliphatic carbocycles. The molecule has 0 unspecified atom stereocenters. The first kappa shape index (κ1) is 15.8. The zero-order chi connectivity index (χ0) is 17.3. The Bertz CT molecular complexity index is 845. The number of anilines is 1. The van der Waals surface area contributed by atoms with E-state index in [0.29, 0.717) is 11.4 Å². The lowest BCUT2D eigenvalue weighted by Gasteiger charge is -2.14. The Morgan fingerprint density at radius 2 is 2.12 bits per heavy atom. The average Bonchev–Trinajstić information content (AvgIpc) is 3.09. The monoisotopic (exact) mass is 331 g/mol. The summed E-state index contributed by atoms with van der Waals surface area (Å²) in [7, 11) is 0. The number of halogens is 1. The highest BCUT2D eigenvalue weighted by atomic mass is 19.1. The Labute approximate surface area is 136 Å². The average molecular weight is 331 g/mol. The summed E-state index contributed by atoms with van der Waals surface area (Å²) in [6.45, 7) is 1.33. The molecule has 0 bridgehead atoms. The minimum Gasteiger partial charge on any atom is -0.395 e. The number of imide groups is 1. The number of carbonyl (C=O) groups excluding carboxylic acids is 2. The maximum atomic E-state index is 14.3. The third-order valence-electron chi connectivity index (χ3n) is 3.43. The number of β-amino-alcohol motifs (C(OH)–C–C–N with tert-alkyl or cyclic N) is 1. The molecule has 1 aromatic carbocycles. The van der Waals surface area contributed by atoms with Crippen molar-refractivity contribution in [1.29, 1.82) is 0 Å². The lowest BCUT2D eigenvalue weighted by atomic mass is 10.2. The summed E-state index contributed by atoms with van der Waals surface area (Å²) >= 11 is 0. The quantitative estimate of drug-likeness (QED) is 0.768. The normalized spacial score (nSPS) is 14.3. The number of hydrogen-bond acceptors (Lipinski definition) is 6. The predicted octanol–water partition coefficient (Wildman–Crippen LogP) is 0.372. The van der Waals surface area contributed by atoms with Gasteiger partial charge in [-0.3, -0.25) is 14.5 Å². The van der Waals surface area contributed by atoms with E-state index in [2.05, 4.69) is 15.6 Å². The van der Waals surface area contributed by atoms with Crippen molar-refractivity contribution in [3.05, 3.63) is 47.7 Å². The molecular formula is C15H14FN5O3. The molecule has 0 spiro atoms. The molecule has 3 rings (SSSR count). The molecular weight excluding hydrogens is 317 g/mol. The molecule has 0 atom stereocenters. The summed E-state index contributed by atoms with van der Waals surface area (Å²) in [6, 6.07) is 4.28. The fourth-order valence-electron chi connectivity index (χ4n) is 2.28. The van der Waals surface area contributed by atoms with Crippen LogP contribution in [-0.2, 0) is 9.59 Å². The van der Waals surface area contributed by atoms with E-state index >= 15 is 0 Å². The second-order valence-corrected chi connectivity index (χ2v) is 5.17. The summed E-state index contributed by atoms with van der Waals surface area (Å²) in [5.74, 6) is -1.77. The van der Waals surface area contributed by atoms with E-state index in [1.807, 2.05) is 0 Å². The minimum absolute atomic E-state index is 0.0447.